The van der Waals surface area contributed by atoms with E-state index in [0.717, 1.165) is 5.69 Å². The Hall–Kier alpha value is -1.90. The molecule has 2 aromatic carbocycles. The summed E-state index contributed by atoms with van der Waals surface area (Å²) in [5, 5.41) is 0. The third-order valence-corrected chi connectivity index (χ3v) is 3.06. The molecule has 2 rings (SSSR count). The van der Waals surface area contributed by atoms with Crippen molar-refractivity contribution >= 4 is 32.2 Å². The standard InChI is InChI=1S/C14H11N2OSe/c15-13(17)11-8-4-5-9-12(11)14(18)16-10-6-2-1-3-7-10/h1-9H,(H2,15,17). The van der Waals surface area contributed by atoms with Crippen LogP contribution in [0, 0.1) is 0 Å². The molecule has 1 radical (unpaired) electrons. The summed E-state index contributed by atoms with van der Waals surface area (Å²) in [4.78, 5) is 15.8. The number of rotatable bonds is 3. The number of benzene rings is 2. The SMILES string of the molecule is NC(=O)c1ccccc1C([Se])=Nc1ccccc1. The maximum absolute atomic E-state index is 11.3. The molecule has 2 N–H and O–H groups in total. The first-order valence-electron chi connectivity index (χ1n) is 5.38. The summed E-state index contributed by atoms with van der Waals surface area (Å²) in [6.07, 6.45) is 0. The summed E-state index contributed by atoms with van der Waals surface area (Å²) in [6.45, 7) is 0. The van der Waals surface area contributed by atoms with Gasteiger partial charge in [0.2, 0.25) is 0 Å². The van der Waals surface area contributed by atoms with Gasteiger partial charge in [0.1, 0.15) is 0 Å². The average molecular weight is 302 g/mol. The van der Waals surface area contributed by atoms with Crippen LogP contribution in [0.3, 0.4) is 0 Å². The van der Waals surface area contributed by atoms with Crippen molar-refractivity contribution in [3.63, 3.8) is 0 Å². The van der Waals surface area contributed by atoms with Crippen LogP contribution in [0.15, 0.2) is 59.6 Å². The molecule has 4 heteroatoms. The predicted octanol–water partition coefficient (Wildman–Crippen LogP) is 2.03. The Morgan fingerprint density at radius 2 is 1.50 bits per heavy atom. The van der Waals surface area contributed by atoms with Crippen LogP contribution in [0.1, 0.15) is 15.9 Å². The fraction of sp³-hybridized carbons (Fsp3) is 0. The summed E-state index contributed by atoms with van der Waals surface area (Å²) >= 11 is 2.88. The molecule has 0 bridgehead atoms. The first-order chi connectivity index (χ1) is 8.68. The van der Waals surface area contributed by atoms with E-state index in [9.17, 15) is 4.79 Å². The fourth-order valence-corrected chi connectivity index (χ4v) is 2.16. The second-order valence-corrected chi connectivity index (χ2v) is 4.47. The molecule has 0 aromatic heterocycles. The summed E-state index contributed by atoms with van der Waals surface area (Å²) in [7, 11) is 0. The number of hydrogen-bond acceptors (Lipinski definition) is 2. The molecule has 0 spiro atoms. The van der Waals surface area contributed by atoms with Crippen LogP contribution in [-0.2, 0) is 0 Å². The predicted molar refractivity (Wildman–Crippen MR) is 73.4 cm³/mol. The third-order valence-electron chi connectivity index (χ3n) is 2.41. The Morgan fingerprint density at radius 3 is 2.11 bits per heavy atom. The van der Waals surface area contributed by atoms with E-state index in [1.165, 1.54) is 0 Å². The molecule has 3 nitrogen and oxygen atoms in total. The van der Waals surface area contributed by atoms with E-state index in [-0.39, 0.29) is 0 Å². The van der Waals surface area contributed by atoms with E-state index in [0.29, 0.717) is 15.7 Å². The van der Waals surface area contributed by atoms with E-state index in [1.54, 1.807) is 12.1 Å². The van der Waals surface area contributed by atoms with E-state index in [2.05, 4.69) is 21.0 Å². The Balaban J connectivity index is 2.43. The quantitative estimate of drug-likeness (QED) is 0.684. The molecular weight excluding hydrogens is 291 g/mol. The zero-order valence-corrected chi connectivity index (χ0v) is 11.3. The number of para-hydroxylation sites is 1. The van der Waals surface area contributed by atoms with Gasteiger partial charge < -0.3 is 0 Å². The van der Waals surface area contributed by atoms with Crippen molar-refractivity contribution in [3.05, 3.63) is 65.7 Å². The van der Waals surface area contributed by atoms with Crippen molar-refractivity contribution in [2.75, 3.05) is 0 Å². The Bertz CT molecular complexity index is 594. The minimum absolute atomic E-state index is 0.457. The van der Waals surface area contributed by atoms with Crippen molar-refractivity contribution in [2.24, 2.45) is 10.7 Å². The molecule has 0 saturated heterocycles. The van der Waals surface area contributed by atoms with E-state index >= 15 is 0 Å². The summed E-state index contributed by atoms with van der Waals surface area (Å²) in [6, 6.07) is 16.7. The van der Waals surface area contributed by atoms with Crippen molar-refractivity contribution in [3.8, 4) is 0 Å². The van der Waals surface area contributed by atoms with Gasteiger partial charge in [-0.15, -0.1) is 0 Å². The number of aliphatic imine (C=N–C) groups is 1. The maximum atomic E-state index is 11.3. The van der Waals surface area contributed by atoms with Crippen LogP contribution in [0.4, 0.5) is 5.69 Å². The zero-order valence-electron chi connectivity index (χ0n) is 9.54. The van der Waals surface area contributed by atoms with Crippen molar-refractivity contribution < 1.29 is 4.79 Å². The topological polar surface area (TPSA) is 55.5 Å². The number of amides is 1. The number of carbonyl (C=O) groups excluding carboxylic acids is 1. The first kappa shape index (κ1) is 12.6. The van der Waals surface area contributed by atoms with Crippen LogP contribution in [-0.4, -0.2) is 26.5 Å². The number of nitrogens with zero attached hydrogens (tertiary/aromatic N) is 1. The molecular formula is C14H11N2OSe. The second-order valence-electron chi connectivity index (χ2n) is 3.66. The van der Waals surface area contributed by atoms with E-state index in [4.69, 9.17) is 5.73 Å². The van der Waals surface area contributed by atoms with Gasteiger partial charge in [-0.25, -0.2) is 0 Å². The van der Waals surface area contributed by atoms with Gasteiger partial charge in [-0.3, -0.25) is 0 Å². The van der Waals surface area contributed by atoms with Crippen LogP contribution >= 0.6 is 0 Å². The summed E-state index contributed by atoms with van der Waals surface area (Å²) in [5.74, 6) is -0.457. The number of primary amides is 1. The molecule has 18 heavy (non-hydrogen) atoms. The number of nitrogens with two attached hydrogens (primary N) is 1. The van der Waals surface area contributed by atoms with Gasteiger partial charge in [0, 0.05) is 0 Å². The molecule has 89 valence electrons. The molecule has 0 aliphatic heterocycles. The molecule has 0 fully saturated rings. The second kappa shape index (κ2) is 5.63. The van der Waals surface area contributed by atoms with Gasteiger partial charge in [-0.2, -0.15) is 0 Å². The molecule has 0 aliphatic rings. The molecule has 0 unspecified atom stereocenters. The Morgan fingerprint density at radius 1 is 0.944 bits per heavy atom. The molecule has 0 saturated carbocycles. The third kappa shape index (κ3) is 2.86. The Kier molecular flexibility index (Phi) is 3.92. The van der Waals surface area contributed by atoms with Gasteiger partial charge >= 0.3 is 113 Å². The zero-order chi connectivity index (χ0) is 13.0. The molecule has 0 atom stereocenters. The number of carbonyl (C=O) groups is 1. The minimum atomic E-state index is -0.457. The molecule has 1 amide bonds. The van der Waals surface area contributed by atoms with Gasteiger partial charge in [0.25, 0.3) is 0 Å². The van der Waals surface area contributed by atoms with Crippen LogP contribution in [0.25, 0.3) is 0 Å². The van der Waals surface area contributed by atoms with Crippen molar-refractivity contribution in [1.29, 1.82) is 0 Å². The fourth-order valence-electron chi connectivity index (χ4n) is 1.56. The first-order valence-corrected chi connectivity index (χ1v) is 6.24. The normalized spacial score (nSPS) is 11.2. The van der Waals surface area contributed by atoms with E-state index in [1.807, 2.05) is 42.5 Å². The summed E-state index contributed by atoms with van der Waals surface area (Å²) in [5.41, 5.74) is 7.34. The number of hydrogen-bond donors (Lipinski definition) is 1. The molecule has 2 aromatic rings. The monoisotopic (exact) mass is 303 g/mol. The van der Waals surface area contributed by atoms with Crippen molar-refractivity contribution in [2.45, 2.75) is 0 Å². The van der Waals surface area contributed by atoms with Crippen LogP contribution in [0.5, 0.6) is 0 Å². The van der Waals surface area contributed by atoms with Crippen LogP contribution < -0.4 is 5.73 Å². The van der Waals surface area contributed by atoms with Crippen molar-refractivity contribution in [1.82, 2.24) is 0 Å². The van der Waals surface area contributed by atoms with E-state index < -0.39 is 5.91 Å². The average Bonchev–Trinajstić information content (AvgIpc) is 2.40. The summed E-state index contributed by atoms with van der Waals surface area (Å²) < 4.78 is 0.649. The van der Waals surface area contributed by atoms with Crippen LogP contribution in [0.2, 0.25) is 0 Å². The Labute approximate surface area is 114 Å². The van der Waals surface area contributed by atoms with Gasteiger partial charge in [-0.1, -0.05) is 0 Å². The van der Waals surface area contributed by atoms with Gasteiger partial charge in [0.15, 0.2) is 0 Å². The van der Waals surface area contributed by atoms with Gasteiger partial charge in [0.05, 0.1) is 0 Å². The van der Waals surface area contributed by atoms with Gasteiger partial charge in [-0.05, 0) is 0 Å². The molecule has 0 heterocycles. The molecule has 0 aliphatic carbocycles.